The highest BCUT2D eigenvalue weighted by atomic mass is 127. The third-order valence-electron chi connectivity index (χ3n) is 4.15. The number of nitrogens with zero attached hydrogens (tertiary/aromatic N) is 2. The predicted molar refractivity (Wildman–Crippen MR) is 109 cm³/mol. The van der Waals surface area contributed by atoms with Crippen LogP contribution in [0, 0.1) is 0 Å². The van der Waals surface area contributed by atoms with Crippen LogP contribution in [0.4, 0.5) is 0 Å². The standard InChI is InChI=1S/C17H32N4O2.HI/c1-2-18-17(20-8-4-16-5-12-22-13-6-16)19-7-3-9-21-10-14-23-15-11-21;/h5H,2-4,6-15H2,1H3,(H2,18,19,20);1H. The molecule has 2 aliphatic heterocycles. The van der Waals surface area contributed by atoms with E-state index in [-0.39, 0.29) is 24.0 Å². The van der Waals surface area contributed by atoms with Crippen LogP contribution < -0.4 is 10.6 Å². The molecule has 0 amide bonds. The molecule has 0 aromatic carbocycles. The van der Waals surface area contributed by atoms with Gasteiger partial charge in [0, 0.05) is 39.3 Å². The lowest BCUT2D eigenvalue weighted by Crippen LogP contribution is -2.39. The first kappa shape index (κ1) is 21.7. The number of morpholine rings is 1. The summed E-state index contributed by atoms with van der Waals surface area (Å²) in [6, 6.07) is 0. The van der Waals surface area contributed by atoms with Gasteiger partial charge in [0.25, 0.3) is 0 Å². The molecule has 2 heterocycles. The minimum atomic E-state index is 0. The van der Waals surface area contributed by atoms with E-state index in [0.29, 0.717) is 0 Å². The summed E-state index contributed by atoms with van der Waals surface area (Å²) in [6.07, 6.45) is 5.44. The Kier molecular flexibility index (Phi) is 12.5. The largest absolute Gasteiger partial charge is 0.379 e. The minimum absolute atomic E-state index is 0. The highest BCUT2D eigenvalue weighted by molar-refractivity contribution is 14.0. The van der Waals surface area contributed by atoms with Crippen molar-refractivity contribution in [3.63, 3.8) is 0 Å². The minimum Gasteiger partial charge on any atom is -0.379 e. The van der Waals surface area contributed by atoms with Crippen molar-refractivity contribution in [2.24, 2.45) is 4.99 Å². The second-order valence-corrected chi connectivity index (χ2v) is 5.93. The molecule has 0 aliphatic carbocycles. The summed E-state index contributed by atoms with van der Waals surface area (Å²) in [6.45, 7) is 11.4. The lowest BCUT2D eigenvalue weighted by Gasteiger charge is -2.26. The van der Waals surface area contributed by atoms with Crippen LogP contribution in [0.3, 0.4) is 0 Å². The van der Waals surface area contributed by atoms with Crippen LogP contribution in [0.25, 0.3) is 0 Å². The summed E-state index contributed by atoms with van der Waals surface area (Å²) in [7, 11) is 0. The fourth-order valence-electron chi connectivity index (χ4n) is 2.79. The number of nitrogens with one attached hydrogen (secondary N) is 2. The lowest BCUT2D eigenvalue weighted by molar-refractivity contribution is 0.0377. The topological polar surface area (TPSA) is 58.1 Å². The Bertz CT molecular complexity index is 385. The van der Waals surface area contributed by atoms with Crippen molar-refractivity contribution in [1.29, 1.82) is 0 Å². The molecule has 2 N–H and O–H groups in total. The van der Waals surface area contributed by atoms with Crippen LogP contribution in [0.1, 0.15) is 26.2 Å². The third-order valence-corrected chi connectivity index (χ3v) is 4.15. The van der Waals surface area contributed by atoms with Crippen LogP contribution in [0.5, 0.6) is 0 Å². The summed E-state index contributed by atoms with van der Waals surface area (Å²) in [5, 5.41) is 6.75. The van der Waals surface area contributed by atoms with Gasteiger partial charge in [0.2, 0.25) is 0 Å². The van der Waals surface area contributed by atoms with Crippen LogP contribution >= 0.6 is 24.0 Å². The Labute approximate surface area is 163 Å². The molecule has 0 aromatic rings. The van der Waals surface area contributed by atoms with Gasteiger partial charge in [0.05, 0.1) is 26.4 Å². The molecular weight excluding hydrogens is 419 g/mol. The smallest absolute Gasteiger partial charge is 0.191 e. The molecule has 0 saturated carbocycles. The van der Waals surface area contributed by atoms with E-state index >= 15 is 0 Å². The van der Waals surface area contributed by atoms with Crippen molar-refractivity contribution >= 4 is 29.9 Å². The highest BCUT2D eigenvalue weighted by Crippen LogP contribution is 2.10. The molecular formula is C17H33IN4O2. The Morgan fingerprint density at radius 3 is 2.75 bits per heavy atom. The molecule has 1 saturated heterocycles. The number of rotatable bonds is 8. The van der Waals surface area contributed by atoms with Crippen molar-refractivity contribution in [1.82, 2.24) is 15.5 Å². The first-order chi connectivity index (χ1) is 11.4. The zero-order valence-corrected chi connectivity index (χ0v) is 17.2. The van der Waals surface area contributed by atoms with Crippen molar-refractivity contribution in [2.75, 3.05) is 65.7 Å². The molecule has 0 spiro atoms. The molecule has 7 heteroatoms. The number of aliphatic imine (C=N–C) groups is 1. The van der Waals surface area contributed by atoms with Gasteiger partial charge in [-0.3, -0.25) is 9.89 Å². The zero-order chi connectivity index (χ0) is 16.2. The highest BCUT2D eigenvalue weighted by Gasteiger charge is 2.09. The van der Waals surface area contributed by atoms with Crippen molar-refractivity contribution in [3.8, 4) is 0 Å². The molecule has 6 nitrogen and oxygen atoms in total. The van der Waals surface area contributed by atoms with Gasteiger partial charge in [-0.05, 0) is 26.2 Å². The average Bonchev–Trinajstić information content (AvgIpc) is 2.60. The Morgan fingerprint density at radius 2 is 2.04 bits per heavy atom. The normalized spacial score (nSPS) is 19.4. The van der Waals surface area contributed by atoms with E-state index in [4.69, 9.17) is 9.47 Å². The molecule has 0 unspecified atom stereocenters. The molecule has 0 aromatic heterocycles. The second-order valence-electron chi connectivity index (χ2n) is 5.93. The number of hydrogen-bond donors (Lipinski definition) is 2. The van der Waals surface area contributed by atoms with Crippen molar-refractivity contribution in [3.05, 3.63) is 11.6 Å². The van der Waals surface area contributed by atoms with Gasteiger partial charge in [-0.1, -0.05) is 11.6 Å². The van der Waals surface area contributed by atoms with E-state index in [0.717, 1.165) is 90.9 Å². The maximum absolute atomic E-state index is 5.37. The number of halogens is 1. The number of hydrogen-bond acceptors (Lipinski definition) is 4. The summed E-state index contributed by atoms with van der Waals surface area (Å²) in [4.78, 5) is 7.13. The molecule has 24 heavy (non-hydrogen) atoms. The SMILES string of the molecule is CCNC(=NCCCN1CCOCC1)NCCC1=CCOCC1.I. The zero-order valence-electron chi connectivity index (χ0n) is 14.9. The van der Waals surface area contributed by atoms with Gasteiger partial charge >= 0.3 is 0 Å². The number of guanidine groups is 1. The van der Waals surface area contributed by atoms with Crippen molar-refractivity contribution in [2.45, 2.75) is 26.2 Å². The van der Waals surface area contributed by atoms with E-state index in [9.17, 15) is 0 Å². The van der Waals surface area contributed by atoms with Crippen LogP contribution in [-0.2, 0) is 9.47 Å². The molecule has 140 valence electrons. The van der Waals surface area contributed by atoms with E-state index in [1.54, 1.807) is 0 Å². The van der Waals surface area contributed by atoms with E-state index in [1.807, 2.05) is 0 Å². The summed E-state index contributed by atoms with van der Waals surface area (Å²) in [5.41, 5.74) is 1.49. The monoisotopic (exact) mass is 452 g/mol. The van der Waals surface area contributed by atoms with Crippen LogP contribution in [0.15, 0.2) is 16.6 Å². The van der Waals surface area contributed by atoms with Gasteiger partial charge in [0.1, 0.15) is 0 Å². The van der Waals surface area contributed by atoms with Gasteiger partial charge in [-0.2, -0.15) is 0 Å². The first-order valence-corrected chi connectivity index (χ1v) is 8.96. The molecule has 1 fully saturated rings. The maximum Gasteiger partial charge on any atom is 0.191 e. The van der Waals surface area contributed by atoms with E-state index in [2.05, 4.69) is 33.5 Å². The molecule has 0 radical (unpaired) electrons. The first-order valence-electron chi connectivity index (χ1n) is 8.96. The molecule has 0 atom stereocenters. The van der Waals surface area contributed by atoms with Gasteiger partial charge in [-0.25, -0.2) is 0 Å². The Balaban J connectivity index is 0.00000288. The summed E-state index contributed by atoms with van der Waals surface area (Å²) >= 11 is 0. The average molecular weight is 452 g/mol. The molecule has 0 bridgehead atoms. The molecule has 2 rings (SSSR count). The Morgan fingerprint density at radius 1 is 1.21 bits per heavy atom. The van der Waals surface area contributed by atoms with Gasteiger partial charge in [0.15, 0.2) is 5.96 Å². The van der Waals surface area contributed by atoms with Crippen LogP contribution in [0.2, 0.25) is 0 Å². The fraction of sp³-hybridized carbons (Fsp3) is 0.824. The Hall–Kier alpha value is -0.380. The predicted octanol–water partition coefficient (Wildman–Crippen LogP) is 1.62. The molecule has 2 aliphatic rings. The second kappa shape index (κ2) is 13.9. The van der Waals surface area contributed by atoms with E-state index < -0.39 is 0 Å². The lowest BCUT2D eigenvalue weighted by atomic mass is 10.1. The maximum atomic E-state index is 5.37. The van der Waals surface area contributed by atoms with Gasteiger partial charge < -0.3 is 20.1 Å². The summed E-state index contributed by atoms with van der Waals surface area (Å²) < 4.78 is 10.7. The summed E-state index contributed by atoms with van der Waals surface area (Å²) in [5.74, 6) is 0.933. The fourth-order valence-corrected chi connectivity index (χ4v) is 2.79. The van der Waals surface area contributed by atoms with Crippen LogP contribution in [-0.4, -0.2) is 76.6 Å². The quantitative estimate of drug-likeness (QED) is 0.193. The van der Waals surface area contributed by atoms with Crippen molar-refractivity contribution < 1.29 is 9.47 Å². The number of ether oxygens (including phenoxy) is 2. The third kappa shape index (κ3) is 9.19. The van der Waals surface area contributed by atoms with E-state index in [1.165, 1.54) is 5.57 Å². The van der Waals surface area contributed by atoms with Gasteiger partial charge in [-0.15, -0.1) is 24.0 Å².